The first-order valence-corrected chi connectivity index (χ1v) is 11.0. The molecule has 0 spiro atoms. The number of carbonyl (C=O) groups excluding carboxylic acids is 2. The smallest absolute Gasteiger partial charge is 0.337 e. The fraction of sp³-hybridized carbons (Fsp3) is 0.185. The summed E-state index contributed by atoms with van der Waals surface area (Å²) in [6, 6.07) is 22.4. The Kier molecular flexibility index (Phi) is 7.06. The van der Waals surface area contributed by atoms with Gasteiger partial charge in [-0.1, -0.05) is 48.5 Å². The van der Waals surface area contributed by atoms with Crippen LogP contribution in [0.4, 0.5) is 11.4 Å². The zero-order valence-electron chi connectivity index (χ0n) is 19.1. The number of hydrogen-bond acceptors (Lipinski definition) is 6. The standard InChI is InChI=1S/C27H27N3O4/c1-33-15-14-22(28)17-8-11-20(12-9-17)29-25(18-6-4-3-5-7-18)24-21-13-10-19(27(32)34-2)16-23(21)30-26(24)31/h3-13,16,22,29H,14-15,28H2,1-2H3,(H,30,31). The second-order valence-electron chi connectivity index (χ2n) is 7.96. The first-order chi connectivity index (χ1) is 16.5. The van der Waals surface area contributed by atoms with E-state index in [1.54, 1.807) is 25.3 Å². The highest BCUT2D eigenvalue weighted by Crippen LogP contribution is 2.38. The summed E-state index contributed by atoms with van der Waals surface area (Å²) in [6.45, 7) is 0.595. The third-order valence-corrected chi connectivity index (χ3v) is 5.74. The third kappa shape index (κ3) is 4.85. The van der Waals surface area contributed by atoms with E-state index in [4.69, 9.17) is 15.2 Å². The van der Waals surface area contributed by atoms with E-state index >= 15 is 0 Å². The number of amides is 1. The van der Waals surface area contributed by atoms with Crippen LogP contribution < -0.4 is 16.4 Å². The molecule has 0 aromatic heterocycles. The summed E-state index contributed by atoms with van der Waals surface area (Å²) in [7, 11) is 2.98. The zero-order chi connectivity index (χ0) is 24.1. The van der Waals surface area contributed by atoms with E-state index in [0.717, 1.165) is 23.2 Å². The molecule has 1 amide bonds. The number of fused-ring (bicyclic) bond motifs is 1. The summed E-state index contributed by atoms with van der Waals surface area (Å²) in [4.78, 5) is 25.0. The van der Waals surface area contributed by atoms with Gasteiger partial charge in [0.2, 0.25) is 0 Å². The number of esters is 1. The summed E-state index contributed by atoms with van der Waals surface area (Å²) in [5.41, 5.74) is 11.7. The minimum absolute atomic E-state index is 0.113. The summed E-state index contributed by atoms with van der Waals surface area (Å²) in [5, 5.41) is 6.30. The number of hydrogen-bond donors (Lipinski definition) is 3. The van der Waals surface area contributed by atoms with Gasteiger partial charge in [0.25, 0.3) is 5.91 Å². The molecule has 0 aliphatic carbocycles. The van der Waals surface area contributed by atoms with Crippen molar-refractivity contribution in [1.29, 1.82) is 0 Å². The molecule has 34 heavy (non-hydrogen) atoms. The molecular formula is C27H27N3O4. The van der Waals surface area contributed by atoms with E-state index in [2.05, 4.69) is 10.6 Å². The second-order valence-corrected chi connectivity index (χ2v) is 7.96. The maximum atomic E-state index is 13.1. The molecule has 7 heteroatoms. The SMILES string of the molecule is COCCC(N)c1ccc(NC(=C2C(=O)Nc3cc(C(=O)OC)ccc32)c2ccccc2)cc1. The summed E-state index contributed by atoms with van der Waals surface area (Å²) < 4.78 is 9.92. The van der Waals surface area contributed by atoms with Crippen LogP contribution in [0.2, 0.25) is 0 Å². The third-order valence-electron chi connectivity index (χ3n) is 5.74. The van der Waals surface area contributed by atoms with Crippen LogP contribution in [-0.4, -0.2) is 32.7 Å². The van der Waals surface area contributed by atoms with Crippen LogP contribution in [0.25, 0.3) is 11.3 Å². The molecular weight excluding hydrogens is 430 g/mol. The van der Waals surface area contributed by atoms with Crippen molar-refractivity contribution in [3.8, 4) is 0 Å². The van der Waals surface area contributed by atoms with Crippen LogP contribution >= 0.6 is 0 Å². The van der Waals surface area contributed by atoms with Crippen LogP contribution in [-0.2, 0) is 14.3 Å². The highest BCUT2D eigenvalue weighted by Gasteiger charge is 2.29. The summed E-state index contributed by atoms with van der Waals surface area (Å²) in [6.07, 6.45) is 0.729. The minimum atomic E-state index is -0.459. The lowest BCUT2D eigenvalue weighted by Gasteiger charge is -2.16. The van der Waals surface area contributed by atoms with Crippen molar-refractivity contribution in [2.75, 3.05) is 31.5 Å². The number of nitrogens with two attached hydrogens (primary N) is 1. The number of nitrogens with one attached hydrogen (secondary N) is 2. The Labute approximate surface area is 198 Å². The zero-order valence-corrected chi connectivity index (χ0v) is 19.1. The van der Waals surface area contributed by atoms with E-state index < -0.39 is 5.97 Å². The molecule has 4 N–H and O–H groups in total. The van der Waals surface area contributed by atoms with Crippen LogP contribution in [0.15, 0.2) is 72.8 Å². The number of anilines is 2. The quantitative estimate of drug-likeness (QED) is 0.341. The van der Waals surface area contributed by atoms with Crippen LogP contribution in [0.5, 0.6) is 0 Å². The molecule has 0 fully saturated rings. The van der Waals surface area contributed by atoms with Crippen molar-refractivity contribution < 1.29 is 19.1 Å². The van der Waals surface area contributed by atoms with E-state index in [-0.39, 0.29) is 11.9 Å². The lowest BCUT2D eigenvalue weighted by atomic mass is 9.98. The van der Waals surface area contributed by atoms with Crippen molar-refractivity contribution in [3.63, 3.8) is 0 Å². The van der Waals surface area contributed by atoms with Crippen molar-refractivity contribution >= 4 is 34.5 Å². The molecule has 0 saturated heterocycles. The van der Waals surface area contributed by atoms with Gasteiger partial charge < -0.3 is 25.8 Å². The Morgan fingerprint density at radius 3 is 2.41 bits per heavy atom. The Hall–Kier alpha value is -3.94. The molecule has 1 atom stereocenters. The van der Waals surface area contributed by atoms with Crippen LogP contribution in [0, 0.1) is 0 Å². The molecule has 0 radical (unpaired) electrons. The Balaban J connectivity index is 1.73. The van der Waals surface area contributed by atoms with E-state index in [9.17, 15) is 9.59 Å². The molecule has 1 aliphatic rings. The second kappa shape index (κ2) is 10.3. The molecule has 0 saturated carbocycles. The molecule has 1 unspecified atom stereocenters. The van der Waals surface area contributed by atoms with Gasteiger partial charge in [0, 0.05) is 31.0 Å². The Morgan fingerprint density at radius 1 is 1.00 bits per heavy atom. The number of rotatable bonds is 8. The Bertz CT molecular complexity index is 1220. The van der Waals surface area contributed by atoms with Gasteiger partial charge in [0.1, 0.15) is 0 Å². The fourth-order valence-corrected chi connectivity index (χ4v) is 3.92. The average molecular weight is 458 g/mol. The van der Waals surface area contributed by atoms with Crippen molar-refractivity contribution in [2.24, 2.45) is 5.73 Å². The monoisotopic (exact) mass is 457 g/mol. The number of ether oxygens (including phenoxy) is 2. The largest absolute Gasteiger partial charge is 0.465 e. The molecule has 0 bridgehead atoms. The van der Waals surface area contributed by atoms with Gasteiger partial charge in [-0.2, -0.15) is 0 Å². The number of carbonyl (C=O) groups is 2. The molecule has 1 aliphatic heterocycles. The molecule has 4 rings (SSSR count). The van der Waals surface area contributed by atoms with E-state index in [1.165, 1.54) is 7.11 Å². The van der Waals surface area contributed by atoms with Gasteiger partial charge in [-0.3, -0.25) is 4.79 Å². The highest BCUT2D eigenvalue weighted by molar-refractivity contribution is 6.37. The van der Waals surface area contributed by atoms with Crippen molar-refractivity contribution in [1.82, 2.24) is 0 Å². The van der Waals surface area contributed by atoms with E-state index in [1.807, 2.05) is 54.6 Å². The fourth-order valence-electron chi connectivity index (χ4n) is 3.92. The molecule has 3 aromatic carbocycles. The van der Waals surface area contributed by atoms with Crippen LogP contribution in [0.1, 0.15) is 39.5 Å². The molecule has 174 valence electrons. The van der Waals surface area contributed by atoms with Gasteiger partial charge in [-0.25, -0.2) is 4.79 Å². The van der Waals surface area contributed by atoms with Crippen molar-refractivity contribution in [2.45, 2.75) is 12.5 Å². The normalized spacial score (nSPS) is 14.7. The number of methoxy groups -OCH3 is 2. The number of benzene rings is 3. The highest BCUT2D eigenvalue weighted by atomic mass is 16.5. The predicted molar refractivity (Wildman–Crippen MR) is 133 cm³/mol. The van der Waals surface area contributed by atoms with Gasteiger partial charge >= 0.3 is 5.97 Å². The first-order valence-electron chi connectivity index (χ1n) is 11.0. The minimum Gasteiger partial charge on any atom is -0.465 e. The average Bonchev–Trinajstić information content (AvgIpc) is 3.20. The molecule has 7 nitrogen and oxygen atoms in total. The van der Waals surface area contributed by atoms with Gasteiger partial charge in [-0.05, 0) is 41.8 Å². The Morgan fingerprint density at radius 2 is 1.74 bits per heavy atom. The summed E-state index contributed by atoms with van der Waals surface area (Å²) in [5.74, 6) is -0.707. The maximum absolute atomic E-state index is 13.1. The maximum Gasteiger partial charge on any atom is 0.337 e. The van der Waals surface area contributed by atoms with Crippen LogP contribution in [0.3, 0.4) is 0 Å². The lowest BCUT2D eigenvalue weighted by molar-refractivity contribution is -0.110. The molecule has 3 aromatic rings. The van der Waals surface area contributed by atoms with Gasteiger partial charge in [-0.15, -0.1) is 0 Å². The lowest BCUT2D eigenvalue weighted by Crippen LogP contribution is -2.13. The topological polar surface area (TPSA) is 103 Å². The first kappa shape index (κ1) is 23.2. The van der Waals surface area contributed by atoms with Gasteiger partial charge in [0.05, 0.1) is 29.6 Å². The molecule has 1 heterocycles. The van der Waals surface area contributed by atoms with E-state index in [0.29, 0.717) is 34.7 Å². The predicted octanol–water partition coefficient (Wildman–Crippen LogP) is 4.44. The summed E-state index contributed by atoms with van der Waals surface area (Å²) >= 11 is 0. The van der Waals surface area contributed by atoms with Crippen molar-refractivity contribution in [3.05, 3.63) is 95.1 Å². The van der Waals surface area contributed by atoms with Gasteiger partial charge in [0.15, 0.2) is 0 Å².